The standard InChI is InChI=1S/C23H25F4N5O2/c1-13(15-7-4-8-18(20(15)24)23(25,26)27)28-21-17-12-32(14-6-5-9-30(2)11-14)19(33)10-16(17)22(34)31(3)29-21/h4,7-8,10,12-14H,5-6,9,11H2,1-3H3,(H,28,29)/t13-,14?/m1/s1. The number of aromatic nitrogens is 3. The van der Waals surface area contributed by atoms with Gasteiger partial charge in [-0.15, -0.1) is 0 Å². The first-order chi connectivity index (χ1) is 16.0. The van der Waals surface area contributed by atoms with Crippen molar-refractivity contribution in [1.29, 1.82) is 0 Å². The third-order valence-electron chi connectivity index (χ3n) is 6.26. The largest absolute Gasteiger partial charge is 0.419 e. The Labute approximate surface area is 192 Å². The van der Waals surface area contributed by atoms with Gasteiger partial charge in [0.25, 0.3) is 11.1 Å². The smallest absolute Gasteiger partial charge is 0.361 e. The summed E-state index contributed by atoms with van der Waals surface area (Å²) in [5, 5.41) is 7.63. The van der Waals surface area contributed by atoms with E-state index in [1.165, 1.54) is 26.1 Å². The van der Waals surface area contributed by atoms with Crippen LogP contribution in [0.4, 0.5) is 23.4 Å². The number of aryl methyl sites for hydroxylation is 1. The molecule has 1 fully saturated rings. The summed E-state index contributed by atoms with van der Waals surface area (Å²) < 4.78 is 56.8. The molecule has 3 heterocycles. The van der Waals surface area contributed by atoms with Gasteiger partial charge in [-0.3, -0.25) is 9.59 Å². The van der Waals surface area contributed by atoms with Crippen molar-refractivity contribution in [2.45, 2.75) is 38.0 Å². The third kappa shape index (κ3) is 4.44. The van der Waals surface area contributed by atoms with Crippen molar-refractivity contribution in [3.05, 3.63) is 68.1 Å². The lowest BCUT2D eigenvalue weighted by Gasteiger charge is -2.31. The molecule has 34 heavy (non-hydrogen) atoms. The number of hydrogen-bond donors (Lipinski definition) is 1. The first-order valence-corrected chi connectivity index (χ1v) is 10.9. The highest BCUT2D eigenvalue weighted by molar-refractivity contribution is 5.90. The second-order valence-corrected chi connectivity index (χ2v) is 8.75. The molecule has 11 heteroatoms. The normalized spacial score (nSPS) is 18.3. The van der Waals surface area contributed by atoms with Crippen LogP contribution in [-0.4, -0.2) is 39.4 Å². The predicted molar refractivity (Wildman–Crippen MR) is 120 cm³/mol. The number of nitrogens with zero attached hydrogens (tertiary/aromatic N) is 4. The van der Waals surface area contributed by atoms with Crippen molar-refractivity contribution in [3.63, 3.8) is 0 Å². The van der Waals surface area contributed by atoms with Crippen LogP contribution < -0.4 is 16.4 Å². The van der Waals surface area contributed by atoms with Crippen molar-refractivity contribution in [2.24, 2.45) is 7.05 Å². The molecule has 2 aromatic heterocycles. The van der Waals surface area contributed by atoms with E-state index >= 15 is 0 Å². The summed E-state index contributed by atoms with van der Waals surface area (Å²) in [5.74, 6) is -1.20. The number of alkyl halides is 3. The van der Waals surface area contributed by atoms with Crippen LogP contribution in [0.15, 0.2) is 40.1 Å². The zero-order valence-electron chi connectivity index (χ0n) is 19.0. The van der Waals surface area contributed by atoms with Crippen LogP contribution in [0, 0.1) is 5.82 Å². The number of nitrogens with one attached hydrogen (secondary N) is 1. The van der Waals surface area contributed by atoms with Crippen LogP contribution in [0.5, 0.6) is 0 Å². The van der Waals surface area contributed by atoms with Gasteiger partial charge < -0.3 is 14.8 Å². The first kappa shape index (κ1) is 23.9. The lowest BCUT2D eigenvalue weighted by atomic mass is 10.0. The lowest BCUT2D eigenvalue weighted by molar-refractivity contribution is -0.140. The van der Waals surface area contributed by atoms with Gasteiger partial charge in [0.2, 0.25) is 0 Å². The molecule has 1 unspecified atom stereocenters. The van der Waals surface area contributed by atoms with Crippen molar-refractivity contribution in [3.8, 4) is 0 Å². The van der Waals surface area contributed by atoms with Crippen molar-refractivity contribution in [2.75, 3.05) is 25.5 Å². The number of rotatable bonds is 4. The molecule has 4 rings (SSSR count). The quantitative estimate of drug-likeness (QED) is 0.578. The van der Waals surface area contributed by atoms with E-state index in [1.807, 2.05) is 7.05 Å². The molecule has 7 nitrogen and oxygen atoms in total. The minimum atomic E-state index is -4.83. The van der Waals surface area contributed by atoms with Gasteiger partial charge in [0.15, 0.2) is 5.82 Å². The number of pyridine rings is 1. The number of benzene rings is 1. The number of likely N-dealkylation sites (N-methyl/N-ethyl adjacent to an activating group) is 1. The zero-order valence-corrected chi connectivity index (χ0v) is 19.0. The molecule has 0 bridgehead atoms. The van der Waals surface area contributed by atoms with Crippen LogP contribution in [0.2, 0.25) is 0 Å². The Kier molecular flexibility index (Phi) is 6.24. The Morgan fingerprint density at radius 3 is 2.59 bits per heavy atom. The van der Waals surface area contributed by atoms with Gasteiger partial charge in [-0.2, -0.15) is 18.3 Å². The minimum absolute atomic E-state index is 0.0918. The van der Waals surface area contributed by atoms with Gasteiger partial charge in [0.05, 0.1) is 17.0 Å². The van der Waals surface area contributed by atoms with E-state index in [9.17, 15) is 27.2 Å². The summed E-state index contributed by atoms with van der Waals surface area (Å²) >= 11 is 0. The molecular weight excluding hydrogens is 454 g/mol. The van der Waals surface area contributed by atoms with Crippen LogP contribution in [-0.2, 0) is 13.2 Å². The maximum Gasteiger partial charge on any atom is 0.419 e. The number of hydrogen-bond acceptors (Lipinski definition) is 5. The molecular formula is C23H25F4N5O2. The van der Waals surface area contributed by atoms with Crippen molar-refractivity contribution >= 4 is 16.6 Å². The second kappa shape index (κ2) is 8.86. The van der Waals surface area contributed by atoms with E-state index in [1.54, 1.807) is 10.8 Å². The number of likely N-dealkylation sites (tertiary alicyclic amines) is 1. The summed E-state index contributed by atoms with van der Waals surface area (Å²) in [5.41, 5.74) is -2.35. The van der Waals surface area contributed by atoms with Gasteiger partial charge in [-0.25, -0.2) is 9.07 Å². The van der Waals surface area contributed by atoms with Crippen LogP contribution >= 0.6 is 0 Å². The molecule has 3 aromatic rings. The number of fused-ring (bicyclic) bond motifs is 1. The first-order valence-electron chi connectivity index (χ1n) is 10.9. The van der Waals surface area contributed by atoms with E-state index in [0.29, 0.717) is 18.0 Å². The fourth-order valence-electron chi connectivity index (χ4n) is 4.48. The van der Waals surface area contributed by atoms with Gasteiger partial charge in [-0.05, 0) is 39.4 Å². The number of halogens is 4. The summed E-state index contributed by atoms with van der Waals surface area (Å²) in [6, 6.07) is 3.35. The zero-order chi connectivity index (χ0) is 24.8. The highest BCUT2D eigenvalue weighted by Gasteiger charge is 2.35. The fraction of sp³-hybridized carbons (Fsp3) is 0.435. The van der Waals surface area contributed by atoms with Crippen LogP contribution in [0.3, 0.4) is 0 Å². The Morgan fingerprint density at radius 1 is 1.18 bits per heavy atom. The average Bonchev–Trinajstić information content (AvgIpc) is 2.76. The van der Waals surface area contributed by atoms with Crippen molar-refractivity contribution < 1.29 is 17.6 Å². The summed E-state index contributed by atoms with van der Waals surface area (Å²) in [7, 11) is 3.37. The number of anilines is 1. The van der Waals surface area contributed by atoms with Crippen LogP contribution in [0.25, 0.3) is 10.8 Å². The third-order valence-corrected chi connectivity index (χ3v) is 6.26. The SMILES string of the molecule is C[C@@H](Nc1nn(C)c(=O)c2cc(=O)n(C3CCCN(C)C3)cc12)c1cccc(C(F)(F)F)c1F. The van der Waals surface area contributed by atoms with Gasteiger partial charge >= 0.3 is 6.18 Å². The molecule has 182 valence electrons. The second-order valence-electron chi connectivity index (χ2n) is 8.75. The molecule has 2 atom stereocenters. The Balaban J connectivity index is 1.80. The molecule has 0 aliphatic carbocycles. The summed E-state index contributed by atoms with van der Waals surface area (Å²) in [4.78, 5) is 27.6. The predicted octanol–water partition coefficient (Wildman–Crippen LogP) is 3.69. The minimum Gasteiger partial charge on any atom is -0.361 e. The Morgan fingerprint density at radius 2 is 1.91 bits per heavy atom. The molecule has 0 radical (unpaired) electrons. The van der Waals surface area contributed by atoms with E-state index in [2.05, 4.69) is 15.3 Å². The maximum atomic E-state index is 14.7. The molecule has 1 aliphatic rings. The molecule has 1 N–H and O–H groups in total. The fourth-order valence-corrected chi connectivity index (χ4v) is 4.48. The van der Waals surface area contributed by atoms with Gasteiger partial charge in [0, 0.05) is 42.8 Å². The molecule has 1 aliphatic heterocycles. The summed E-state index contributed by atoms with van der Waals surface area (Å²) in [6.45, 7) is 3.09. The highest BCUT2D eigenvalue weighted by atomic mass is 19.4. The van der Waals surface area contributed by atoms with Gasteiger partial charge in [-0.1, -0.05) is 12.1 Å². The van der Waals surface area contributed by atoms with Crippen LogP contribution in [0.1, 0.15) is 43.0 Å². The summed E-state index contributed by atoms with van der Waals surface area (Å²) in [6.07, 6.45) is -1.56. The Hall–Kier alpha value is -3.21. The molecule has 0 amide bonds. The molecule has 0 saturated carbocycles. The molecule has 0 spiro atoms. The van der Waals surface area contributed by atoms with Crippen molar-refractivity contribution in [1.82, 2.24) is 19.2 Å². The maximum absolute atomic E-state index is 14.7. The highest BCUT2D eigenvalue weighted by Crippen LogP contribution is 2.35. The lowest BCUT2D eigenvalue weighted by Crippen LogP contribution is -2.37. The average molecular weight is 479 g/mol. The van der Waals surface area contributed by atoms with E-state index in [-0.39, 0.29) is 28.4 Å². The number of piperidine rings is 1. The Bertz CT molecular complexity index is 1350. The van der Waals surface area contributed by atoms with Gasteiger partial charge in [0.1, 0.15) is 5.82 Å². The topological polar surface area (TPSA) is 72.2 Å². The van der Waals surface area contributed by atoms with E-state index in [0.717, 1.165) is 30.1 Å². The molecule has 1 saturated heterocycles. The van der Waals surface area contributed by atoms with E-state index < -0.39 is 29.2 Å². The molecule has 1 aromatic carbocycles. The van der Waals surface area contributed by atoms with E-state index in [4.69, 9.17) is 0 Å². The monoisotopic (exact) mass is 479 g/mol.